The largest absolute Gasteiger partial charge is 0.298 e. The molecule has 1 aliphatic carbocycles. The van der Waals surface area contributed by atoms with E-state index in [4.69, 9.17) is 0 Å². The summed E-state index contributed by atoms with van der Waals surface area (Å²) < 4.78 is 0. The number of Topliss-reactive ketones (excluding diaryl/α,β-unsaturated/α-hetero) is 1. The van der Waals surface area contributed by atoms with Crippen LogP contribution in [0.2, 0.25) is 0 Å². The van der Waals surface area contributed by atoms with Crippen molar-refractivity contribution >= 4 is 17.5 Å². The number of nitrogens with zero attached hydrogens (tertiary/aromatic N) is 1. The van der Waals surface area contributed by atoms with Crippen LogP contribution in [0, 0.1) is 0 Å². The smallest absolute Gasteiger partial charge is 0.151 e. The summed E-state index contributed by atoms with van der Waals surface area (Å²) >= 11 is 1.59. The number of pyridine rings is 1. The Morgan fingerprint density at radius 3 is 3.36 bits per heavy atom. The Morgan fingerprint density at radius 1 is 1.71 bits per heavy atom. The van der Waals surface area contributed by atoms with Crippen molar-refractivity contribution in [3.05, 3.63) is 29.6 Å². The number of fused-ring (bicyclic) bond motifs is 1. The van der Waals surface area contributed by atoms with E-state index in [0.717, 1.165) is 18.5 Å². The van der Waals surface area contributed by atoms with Crippen LogP contribution in [0.15, 0.2) is 18.3 Å². The van der Waals surface area contributed by atoms with Crippen LogP contribution in [0.3, 0.4) is 0 Å². The van der Waals surface area contributed by atoms with Gasteiger partial charge in [-0.1, -0.05) is 6.07 Å². The lowest BCUT2D eigenvalue weighted by Gasteiger charge is -2.07. The van der Waals surface area contributed by atoms with Gasteiger partial charge in [0.1, 0.15) is 0 Å². The molecule has 14 heavy (non-hydrogen) atoms. The van der Waals surface area contributed by atoms with E-state index in [9.17, 15) is 4.79 Å². The summed E-state index contributed by atoms with van der Waals surface area (Å²) in [5.74, 6) is 1.01. The van der Waals surface area contributed by atoms with Gasteiger partial charge in [-0.25, -0.2) is 0 Å². The summed E-state index contributed by atoms with van der Waals surface area (Å²) in [5, 5.41) is 0. The minimum absolute atomic E-state index is 0.0682. The fourth-order valence-corrected chi connectivity index (χ4v) is 2.45. The molecule has 1 aromatic rings. The van der Waals surface area contributed by atoms with Crippen LogP contribution in [0.25, 0.3) is 0 Å². The molecule has 0 radical (unpaired) electrons. The maximum atomic E-state index is 11.7. The molecule has 1 aliphatic rings. The van der Waals surface area contributed by atoms with E-state index in [1.165, 1.54) is 5.56 Å². The highest BCUT2D eigenvalue weighted by atomic mass is 32.2. The van der Waals surface area contributed by atoms with Crippen molar-refractivity contribution in [2.24, 2.45) is 0 Å². The van der Waals surface area contributed by atoms with Gasteiger partial charge < -0.3 is 0 Å². The lowest BCUT2D eigenvalue weighted by atomic mass is 10.0. The molecule has 3 heteroatoms. The summed E-state index contributed by atoms with van der Waals surface area (Å²) in [6.45, 7) is 0. The maximum Gasteiger partial charge on any atom is 0.151 e. The first-order chi connectivity index (χ1) is 6.83. The van der Waals surface area contributed by atoms with Gasteiger partial charge in [-0.2, -0.15) is 11.8 Å². The fraction of sp³-hybridized carbons (Fsp3) is 0.455. The second-order valence-corrected chi connectivity index (χ2v) is 4.40. The number of aromatic nitrogens is 1. The molecule has 74 valence electrons. The normalized spacial score (nSPS) is 19.4. The van der Waals surface area contributed by atoms with E-state index in [0.29, 0.717) is 11.5 Å². The zero-order valence-electron chi connectivity index (χ0n) is 8.19. The number of hydrogen-bond acceptors (Lipinski definition) is 3. The highest BCUT2D eigenvalue weighted by Gasteiger charge is 2.28. The van der Waals surface area contributed by atoms with Gasteiger partial charge >= 0.3 is 0 Å². The van der Waals surface area contributed by atoms with Crippen molar-refractivity contribution in [2.45, 2.75) is 18.8 Å². The highest BCUT2D eigenvalue weighted by Crippen LogP contribution is 2.32. The van der Waals surface area contributed by atoms with Crippen LogP contribution in [0.1, 0.15) is 23.6 Å². The molecule has 1 atom stereocenters. The summed E-state index contributed by atoms with van der Waals surface area (Å²) in [5.41, 5.74) is 2.28. The van der Waals surface area contributed by atoms with Gasteiger partial charge in [0.15, 0.2) is 5.78 Å². The van der Waals surface area contributed by atoms with E-state index < -0.39 is 0 Å². The number of aryl methyl sites for hydroxylation is 1. The third-order valence-corrected chi connectivity index (χ3v) is 3.21. The average molecular weight is 207 g/mol. The van der Waals surface area contributed by atoms with Crippen LogP contribution in [-0.2, 0) is 11.2 Å². The number of hydrogen-bond donors (Lipinski definition) is 0. The zero-order chi connectivity index (χ0) is 9.97. The highest BCUT2D eigenvalue weighted by molar-refractivity contribution is 7.99. The summed E-state index contributed by atoms with van der Waals surface area (Å²) in [4.78, 5) is 16.1. The molecule has 0 aromatic carbocycles. The molecule has 0 N–H and O–H groups in total. The predicted octanol–water partition coefficient (Wildman–Crippen LogP) is 2.04. The SMILES string of the molecule is CSCC(=O)C1CCc2cccnc21. The van der Waals surface area contributed by atoms with E-state index in [2.05, 4.69) is 11.1 Å². The number of carbonyl (C=O) groups excluding carboxylic acids is 1. The standard InChI is InChI=1S/C11H13NOS/c1-14-7-10(13)9-5-4-8-3-2-6-12-11(8)9/h2-3,6,9H,4-5,7H2,1H3. The van der Waals surface area contributed by atoms with Crippen molar-refractivity contribution in [1.82, 2.24) is 4.98 Å². The molecule has 0 amide bonds. The molecule has 1 unspecified atom stereocenters. The minimum atomic E-state index is 0.0682. The average Bonchev–Trinajstić information content (AvgIpc) is 2.61. The Balaban J connectivity index is 2.21. The summed E-state index contributed by atoms with van der Waals surface area (Å²) in [6.07, 6.45) is 5.70. The molecule has 1 heterocycles. The monoisotopic (exact) mass is 207 g/mol. The first-order valence-electron chi connectivity index (χ1n) is 4.78. The lowest BCUT2D eigenvalue weighted by Crippen LogP contribution is -2.12. The maximum absolute atomic E-state index is 11.7. The molecule has 0 saturated carbocycles. The van der Waals surface area contributed by atoms with Crippen LogP contribution in [0.4, 0.5) is 0 Å². The van der Waals surface area contributed by atoms with Crippen molar-refractivity contribution in [2.75, 3.05) is 12.0 Å². The van der Waals surface area contributed by atoms with Crippen LogP contribution < -0.4 is 0 Å². The third-order valence-electron chi connectivity index (χ3n) is 2.63. The van der Waals surface area contributed by atoms with Gasteiger partial charge in [-0.3, -0.25) is 9.78 Å². The van der Waals surface area contributed by atoms with Crippen molar-refractivity contribution < 1.29 is 4.79 Å². The number of carbonyl (C=O) groups is 1. The van der Waals surface area contributed by atoms with Crippen molar-refractivity contribution in [3.8, 4) is 0 Å². The van der Waals surface area contributed by atoms with Crippen molar-refractivity contribution in [1.29, 1.82) is 0 Å². The van der Waals surface area contributed by atoms with Gasteiger partial charge in [0, 0.05) is 6.20 Å². The second-order valence-electron chi connectivity index (χ2n) is 3.54. The second kappa shape index (κ2) is 4.13. The molecule has 1 aromatic heterocycles. The molecule has 0 fully saturated rings. The van der Waals surface area contributed by atoms with Gasteiger partial charge in [0.25, 0.3) is 0 Å². The first-order valence-corrected chi connectivity index (χ1v) is 6.17. The quantitative estimate of drug-likeness (QED) is 0.759. The Hall–Kier alpha value is -0.830. The van der Waals surface area contributed by atoms with Gasteiger partial charge in [0.05, 0.1) is 17.4 Å². The molecule has 0 spiro atoms. The molecule has 2 rings (SSSR count). The van der Waals surface area contributed by atoms with Crippen LogP contribution in [0.5, 0.6) is 0 Å². The topological polar surface area (TPSA) is 30.0 Å². The molecule has 2 nitrogen and oxygen atoms in total. The van der Waals surface area contributed by atoms with Crippen molar-refractivity contribution in [3.63, 3.8) is 0 Å². The number of ketones is 1. The molecule has 0 saturated heterocycles. The van der Waals surface area contributed by atoms with Gasteiger partial charge in [0.2, 0.25) is 0 Å². The fourth-order valence-electron chi connectivity index (χ4n) is 1.97. The summed E-state index contributed by atoms with van der Waals surface area (Å²) in [6, 6.07) is 4.02. The van der Waals surface area contributed by atoms with Crippen LogP contribution >= 0.6 is 11.8 Å². The summed E-state index contributed by atoms with van der Waals surface area (Å²) in [7, 11) is 0. The molecule has 0 aliphatic heterocycles. The first kappa shape index (κ1) is 9.71. The molecular weight excluding hydrogens is 194 g/mol. The van der Waals surface area contributed by atoms with E-state index >= 15 is 0 Å². The Labute approximate surface area is 88.1 Å². The third kappa shape index (κ3) is 1.69. The van der Waals surface area contributed by atoms with Gasteiger partial charge in [-0.15, -0.1) is 0 Å². The Kier molecular flexibility index (Phi) is 2.87. The number of rotatable bonds is 3. The number of thioether (sulfide) groups is 1. The predicted molar refractivity (Wildman–Crippen MR) is 58.7 cm³/mol. The van der Waals surface area contributed by atoms with E-state index in [-0.39, 0.29) is 5.92 Å². The van der Waals surface area contributed by atoms with E-state index in [1.807, 2.05) is 12.3 Å². The lowest BCUT2D eigenvalue weighted by molar-refractivity contribution is -0.118. The Morgan fingerprint density at radius 2 is 2.57 bits per heavy atom. The van der Waals surface area contributed by atoms with Crippen LogP contribution in [-0.4, -0.2) is 22.8 Å². The van der Waals surface area contributed by atoms with Gasteiger partial charge in [-0.05, 0) is 30.7 Å². The van der Waals surface area contributed by atoms with E-state index in [1.54, 1.807) is 18.0 Å². The molecule has 0 bridgehead atoms. The zero-order valence-corrected chi connectivity index (χ0v) is 9.01. The Bertz CT molecular complexity index is 351. The molecular formula is C11H13NOS. The minimum Gasteiger partial charge on any atom is -0.298 e.